The Morgan fingerprint density at radius 2 is 1.62 bits per heavy atom. The smallest absolute Gasteiger partial charge is 0.0746 e. The molecule has 0 aliphatic heterocycles. The summed E-state index contributed by atoms with van der Waals surface area (Å²) in [4.78, 5) is 0. The molecule has 1 rings (SSSR count). The maximum Gasteiger partial charge on any atom is 0.0746 e. The van der Waals surface area contributed by atoms with Crippen LogP contribution in [-0.2, 0) is 0 Å². The molecule has 0 amide bonds. The van der Waals surface area contributed by atoms with Gasteiger partial charge in [-0.2, -0.15) is 0 Å². The fourth-order valence-corrected chi connectivity index (χ4v) is 1.27. The first-order valence-corrected chi connectivity index (χ1v) is 4.40. The average molecular weight is 179 g/mol. The average Bonchev–Trinajstić information content (AvgIpc) is 2.50. The molecule has 71 valence electrons. The lowest BCUT2D eigenvalue weighted by Crippen LogP contribution is -2.17. The van der Waals surface area contributed by atoms with Crippen molar-refractivity contribution in [1.82, 2.24) is 0 Å². The van der Waals surface area contributed by atoms with E-state index in [1.807, 2.05) is 31.8 Å². The van der Waals surface area contributed by atoms with Crippen molar-refractivity contribution in [3.05, 3.63) is 43.3 Å². The van der Waals surface area contributed by atoms with Crippen molar-refractivity contribution in [1.29, 1.82) is 0 Å². The molecule has 2 heteroatoms. The van der Waals surface area contributed by atoms with Gasteiger partial charge in [0, 0.05) is 5.92 Å². The standard InChI is InChI=1S/C11H15O2/c1-8(12)11(9(2)13)7-10-5-3-4-6-10/h3-9,12-13H,1-2H3. The summed E-state index contributed by atoms with van der Waals surface area (Å²) in [5.74, 6) is 1.01. The molecule has 13 heavy (non-hydrogen) atoms. The Morgan fingerprint density at radius 3 is 2.00 bits per heavy atom. The van der Waals surface area contributed by atoms with Crippen LogP contribution in [0.5, 0.6) is 0 Å². The SMILES string of the molecule is CC(O)C(=C[C]1[CH][CH][CH][CH]1)C(C)O. The number of aliphatic hydroxyl groups excluding tert-OH is 2. The third-order valence-electron chi connectivity index (χ3n) is 1.99. The zero-order valence-electron chi connectivity index (χ0n) is 7.94. The van der Waals surface area contributed by atoms with Gasteiger partial charge >= 0.3 is 0 Å². The van der Waals surface area contributed by atoms with Crippen molar-refractivity contribution in [3.8, 4) is 0 Å². The lowest BCUT2D eigenvalue weighted by Gasteiger charge is -2.15. The largest absolute Gasteiger partial charge is 0.389 e. The van der Waals surface area contributed by atoms with E-state index in [1.54, 1.807) is 13.8 Å². The number of aliphatic hydroxyl groups is 2. The molecule has 2 unspecified atom stereocenters. The Morgan fingerprint density at radius 1 is 1.15 bits per heavy atom. The van der Waals surface area contributed by atoms with Gasteiger partial charge in [-0.1, -0.05) is 6.08 Å². The van der Waals surface area contributed by atoms with Crippen molar-refractivity contribution < 1.29 is 10.2 Å². The first kappa shape index (κ1) is 10.7. The zero-order valence-corrected chi connectivity index (χ0v) is 7.94. The van der Waals surface area contributed by atoms with Gasteiger partial charge in [0.05, 0.1) is 12.2 Å². The molecule has 0 saturated heterocycles. The topological polar surface area (TPSA) is 40.5 Å². The summed E-state index contributed by atoms with van der Waals surface area (Å²) in [6.07, 6.45) is 8.33. The molecule has 0 aromatic rings. The fourth-order valence-electron chi connectivity index (χ4n) is 1.27. The summed E-state index contributed by atoms with van der Waals surface area (Å²) in [5, 5.41) is 18.7. The van der Waals surface area contributed by atoms with E-state index in [1.165, 1.54) is 0 Å². The molecule has 1 fully saturated rings. The molecule has 2 atom stereocenters. The molecule has 1 saturated carbocycles. The molecular formula is C11H15O2. The molecule has 2 N–H and O–H groups in total. The van der Waals surface area contributed by atoms with Crippen molar-refractivity contribution in [2.24, 2.45) is 0 Å². The van der Waals surface area contributed by atoms with Gasteiger partial charge < -0.3 is 10.2 Å². The second kappa shape index (κ2) is 4.77. The van der Waals surface area contributed by atoms with Gasteiger partial charge in [-0.15, -0.1) is 0 Å². The van der Waals surface area contributed by atoms with Crippen LogP contribution in [0.2, 0.25) is 0 Å². The highest BCUT2D eigenvalue weighted by atomic mass is 16.3. The predicted molar refractivity (Wildman–Crippen MR) is 51.9 cm³/mol. The minimum atomic E-state index is -0.602. The third kappa shape index (κ3) is 3.12. The van der Waals surface area contributed by atoms with Gasteiger partial charge in [-0.25, -0.2) is 0 Å². The van der Waals surface area contributed by atoms with Crippen LogP contribution < -0.4 is 0 Å². The number of hydrogen-bond acceptors (Lipinski definition) is 2. The molecule has 1 aliphatic carbocycles. The molecule has 0 aromatic heterocycles. The Kier molecular flexibility index (Phi) is 3.94. The van der Waals surface area contributed by atoms with Gasteiger partial charge in [0.25, 0.3) is 0 Å². The molecule has 2 nitrogen and oxygen atoms in total. The Balaban J connectivity index is 2.61. The van der Waals surface area contributed by atoms with E-state index in [-0.39, 0.29) is 0 Å². The lowest BCUT2D eigenvalue weighted by molar-refractivity contribution is 0.164. The van der Waals surface area contributed by atoms with Crippen LogP contribution in [0.15, 0.2) is 11.6 Å². The predicted octanol–water partition coefficient (Wildman–Crippen LogP) is 1.08. The van der Waals surface area contributed by atoms with Crippen LogP contribution in [0, 0.1) is 31.6 Å². The van der Waals surface area contributed by atoms with Gasteiger partial charge in [-0.05, 0) is 45.1 Å². The van der Waals surface area contributed by atoms with E-state index in [2.05, 4.69) is 0 Å². The van der Waals surface area contributed by atoms with Crippen LogP contribution >= 0.6 is 0 Å². The second-order valence-corrected chi connectivity index (χ2v) is 3.21. The fraction of sp³-hybridized carbons (Fsp3) is 0.364. The Bertz CT molecular complexity index is 167. The van der Waals surface area contributed by atoms with E-state index in [4.69, 9.17) is 0 Å². The van der Waals surface area contributed by atoms with Crippen molar-refractivity contribution in [2.75, 3.05) is 0 Å². The minimum Gasteiger partial charge on any atom is -0.389 e. The van der Waals surface area contributed by atoms with Crippen LogP contribution in [0.4, 0.5) is 0 Å². The molecule has 0 aromatic carbocycles. The number of allylic oxidation sites excluding steroid dienone is 1. The van der Waals surface area contributed by atoms with Crippen molar-refractivity contribution in [3.63, 3.8) is 0 Å². The van der Waals surface area contributed by atoms with Crippen LogP contribution in [-0.4, -0.2) is 22.4 Å². The summed E-state index contributed by atoms with van der Waals surface area (Å²) in [6.45, 7) is 3.31. The molecule has 5 radical (unpaired) electrons. The monoisotopic (exact) mass is 179 g/mol. The first-order valence-electron chi connectivity index (χ1n) is 4.40. The molecule has 0 heterocycles. The van der Waals surface area contributed by atoms with Crippen LogP contribution in [0.1, 0.15) is 13.8 Å². The zero-order chi connectivity index (χ0) is 9.84. The van der Waals surface area contributed by atoms with E-state index in [9.17, 15) is 10.2 Å². The molecule has 0 bridgehead atoms. The highest BCUT2D eigenvalue weighted by Crippen LogP contribution is 2.26. The van der Waals surface area contributed by atoms with Crippen LogP contribution in [0.25, 0.3) is 0 Å². The van der Waals surface area contributed by atoms with Crippen LogP contribution in [0.3, 0.4) is 0 Å². The minimum absolute atomic E-state index is 0.602. The highest BCUT2D eigenvalue weighted by molar-refractivity contribution is 5.44. The maximum atomic E-state index is 9.35. The third-order valence-corrected chi connectivity index (χ3v) is 1.99. The first-order chi connectivity index (χ1) is 6.11. The summed E-state index contributed by atoms with van der Waals surface area (Å²) in [5.41, 5.74) is 0.645. The highest BCUT2D eigenvalue weighted by Gasteiger charge is 2.18. The van der Waals surface area contributed by atoms with E-state index in [0.29, 0.717) is 5.57 Å². The van der Waals surface area contributed by atoms with Crippen molar-refractivity contribution in [2.45, 2.75) is 26.1 Å². The van der Waals surface area contributed by atoms with E-state index >= 15 is 0 Å². The molecular weight excluding hydrogens is 164 g/mol. The summed E-state index contributed by atoms with van der Waals surface area (Å²) in [6, 6.07) is 0. The van der Waals surface area contributed by atoms with Crippen molar-refractivity contribution >= 4 is 0 Å². The maximum absolute atomic E-state index is 9.35. The Hall–Kier alpha value is -0.340. The van der Waals surface area contributed by atoms with Gasteiger partial charge in [-0.3, -0.25) is 0 Å². The Labute approximate surface area is 80.3 Å². The second-order valence-electron chi connectivity index (χ2n) is 3.21. The summed E-state index contributed by atoms with van der Waals surface area (Å²) in [7, 11) is 0. The number of rotatable bonds is 3. The summed E-state index contributed by atoms with van der Waals surface area (Å²) < 4.78 is 0. The van der Waals surface area contributed by atoms with Gasteiger partial charge in [0.1, 0.15) is 0 Å². The van der Waals surface area contributed by atoms with Gasteiger partial charge in [0.2, 0.25) is 0 Å². The van der Waals surface area contributed by atoms with Gasteiger partial charge in [0.15, 0.2) is 0 Å². The molecule has 0 spiro atoms. The quantitative estimate of drug-likeness (QED) is 0.680. The summed E-state index contributed by atoms with van der Waals surface area (Å²) >= 11 is 0. The lowest BCUT2D eigenvalue weighted by atomic mass is 9.98. The normalized spacial score (nSPS) is 22.8. The molecule has 1 aliphatic rings. The number of hydrogen-bond donors (Lipinski definition) is 2. The van der Waals surface area contributed by atoms with E-state index < -0.39 is 12.2 Å². The van der Waals surface area contributed by atoms with E-state index in [0.717, 1.165) is 5.92 Å².